The van der Waals surface area contributed by atoms with Gasteiger partial charge in [-0.1, -0.05) is 23.7 Å². The van der Waals surface area contributed by atoms with Gasteiger partial charge in [0.2, 0.25) is 0 Å². The summed E-state index contributed by atoms with van der Waals surface area (Å²) < 4.78 is 0. The fraction of sp³-hybridized carbons (Fsp3) is 0.111. The third kappa shape index (κ3) is 3.06. The monoisotopic (exact) mass is 212 g/mol. The van der Waals surface area contributed by atoms with E-state index in [1.807, 2.05) is 0 Å². The third-order valence-corrected chi connectivity index (χ3v) is 1.75. The van der Waals surface area contributed by atoms with Crippen LogP contribution in [0.3, 0.4) is 0 Å². The minimum Gasteiger partial charge on any atom is -0.381 e. The Labute approximate surface area is 86.3 Å². The molecule has 14 heavy (non-hydrogen) atoms. The van der Waals surface area contributed by atoms with Gasteiger partial charge in [-0.25, -0.2) is 0 Å². The first-order chi connectivity index (χ1) is 6.74. The molecule has 74 valence electrons. The molecule has 0 saturated heterocycles. The summed E-state index contributed by atoms with van der Waals surface area (Å²) in [6, 6.07) is 6.31. The van der Waals surface area contributed by atoms with Crippen molar-refractivity contribution in [2.24, 2.45) is 0 Å². The lowest BCUT2D eigenvalue weighted by molar-refractivity contribution is -0.384. The third-order valence-electron chi connectivity index (χ3n) is 1.57. The van der Waals surface area contributed by atoms with E-state index in [4.69, 9.17) is 11.6 Å². The lowest BCUT2D eigenvalue weighted by atomic mass is 10.3. The quantitative estimate of drug-likeness (QED) is 0.617. The summed E-state index contributed by atoms with van der Waals surface area (Å²) >= 11 is 5.32. The van der Waals surface area contributed by atoms with Crippen LogP contribution in [0.15, 0.2) is 35.9 Å². The van der Waals surface area contributed by atoms with Crippen molar-refractivity contribution < 1.29 is 4.92 Å². The molecular weight excluding hydrogens is 204 g/mol. The van der Waals surface area contributed by atoms with E-state index >= 15 is 0 Å². The van der Waals surface area contributed by atoms with E-state index in [1.54, 1.807) is 18.2 Å². The number of halogens is 1. The van der Waals surface area contributed by atoms with Gasteiger partial charge in [0.05, 0.1) is 4.92 Å². The number of nitro benzene ring substituents is 1. The zero-order valence-corrected chi connectivity index (χ0v) is 8.07. The van der Waals surface area contributed by atoms with E-state index in [0.717, 1.165) is 0 Å². The first kappa shape index (κ1) is 10.5. The van der Waals surface area contributed by atoms with Crippen LogP contribution >= 0.6 is 11.6 Å². The Kier molecular flexibility index (Phi) is 3.94. The molecule has 1 aromatic carbocycles. The first-order valence-corrected chi connectivity index (χ1v) is 4.41. The van der Waals surface area contributed by atoms with E-state index < -0.39 is 4.92 Å². The molecule has 0 fully saturated rings. The highest BCUT2D eigenvalue weighted by molar-refractivity contribution is 6.25. The standard InChI is InChI=1S/C9H9ClN2O2/c10-5-2-6-11-8-3-1-4-9(7-8)12(13)14/h1-5,7,11H,6H2/b5-2+. The molecule has 0 radical (unpaired) electrons. The fourth-order valence-electron chi connectivity index (χ4n) is 0.951. The highest BCUT2D eigenvalue weighted by Crippen LogP contribution is 2.16. The molecule has 1 N–H and O–H groups in total. The molecule has 1 aromatic rings. The second-order valence-corrected chi connectivity index (χ2v) is 2.80. The minimum atomic E-state index is -0.428. The number of hydrogen-bond donors (Lipinski definition) is 1. The molecule has 0 atom stereocenters. The van der Waals surface area contributed by atoms with E-state index in [-0.39, 0.29) is 5.69 Å². The maximum Gasteiger partial charge on any atom is 0.271 e. The summed E-state index contributed by atoms with van der Waals surface area (Å²) in [6.07, 6.45) is 1.71. The van der Waals surface area contributed by atoms with Crippen LogP contribution in [-0.4, -0.2) is 11.5 Å². The highest BCUT2D eigenvalue weighted by Gasteiger charge is 2.03. The summed E-state index contributed by atoms with van der Waals surface area (Å²) in [7, 11) is 0. The van der Waals surface area contributed by atoms with Crippen molar-refractivity contribution in [2.45, 2.75) is 0 Å². The number of hydrogen-bond acceptors (Lipinski definition) is 3. The van der Waals surface area contributed by atoms with Crippen molar-refractivity contribution >= 4 is 23.0 Å². The van der Waals surface area contributed by atoms with Crippen LogP contribution in [0, 0.1) is 10.1 Å². The molecule has 4 nitrogen and oxygen atoms in total. The smallest absolute Gasteiger partial charge is 0.271 e. The molecule has 5 heteroatoms. The van der Waals surface area contributed by atoms with Crippen LogP contribution in [0.1, 0.15) is 0 Å². The van der Waals surface area contributed by atoms with Crippen LogP contribution in [-0.2, 0) is 0 Å². The molecule has 0 aliphatic heterocycles. The van der Waals surface area contributed by atoms with Crippen LogP contribution in [0.4, 0.5) is 11.4 Å². The van der Waals surface area contributed by atoms with Gasteiger partial charge in [-0.15, -0.1) is 0 Å². The van der Waals surface area contributed by atoms with Crippen LogP contribution in [0.25, 0.3) is 0 Å². The summed E-state index contributed by atoms with van der Waals surface area (Å²) in [5, 5.41) is 13.4. The highest BCUT2D eigenvalue weighted by atomic mass is 35.5. The average Bonchev–Trinajstić information content (AvgIpc) is 2.19. The van der Waals surface area contributed by atoms with Crippen LogP contribution in [0.5, 0.6) is 0 Å². The maximum atomic E-state index is 10.4. The number of nitrogens with zero attached hydrogens (tertiary/aromatic N) is 1. The predicted molar refractivity (Wildman–Crippen MR) is 56.6 cm³/mol. The van der Waals surface area contributed by atoms with Crippen molar-refractivity contribution in [3.8, 4) is 0 Å². The van der Waals surface area contributed by atoms with Gasteiger partial charge >= 0.3 is 0 Å². The molecular formula is C9H9ClN2O2. The lowest BCUT2D eigenvalue weighted by Crippen LogP contribution is -1.98. The number of benzene rings is 1. The first-order valence-electron chi connectivity index (χ1n) is 3.97. The number of non-ortho nitro benzene ring substituents is 1. The van der Waals surface area contributed by atoms with Crippen LogP contribution in [0.2, 0.25) is 0 Å². The summed E-state index contributed by atoms with van der Waals surface area (Å²) in [5.74, 6) is 0. The Bertz CT molecular complexity index is 352. The molecule has 0 amide bonds. The Morgan fingerprint density at radius 2 is 2.36 bits per heavy atom. The van der Waals surface area contributed by atoms with Gasteiger partial charge < -0.3 is 5.32 Å². The molecule has 0 aliphatic carbocycles. The molecule has 0 unspecified atom stereocenters. The van der Waals surface area contributed by atoms with Crippen molar-refractivity contribution in [1.82, 2.24) is 0 Å². The van der Waals surface area contributed by atoms with Crippen molar-refractivity contribution in [3.63, 3.8) is 0 Å². The topological polar surface area (TPSA) is 55.2 Å². The van der Waals surface area contributed by atoms with Gasteiger partial charge in [-0.3, -0.25) is 10.1 Å². The van der Waals surface area contributed by atoms with Crippen molar-refractivity contribution in [2.75, 3.05) is 11.9 Å². The van der Waals surface area contributed by atoms with Gasteiger partial charge in [0.25, 0.3) is 5.69 Å². The second-order valence-electron chi connectivity index (χ2n) is 2.55. The number of rotatable bonds is 4. The zero-order valence-electron chi connectivity index (χ0n) is 7.31. The molecule has 0 bridgehead atoms. The Hall–Kier alpha value is -1.55. The summed E-state index contributed by atoms with van der Waals surface area (Å²) in [5.41, 5.74) is 2.17. The largest absolute Gasteiger partial charge is 0.381 e. The second kappa shape index (κ2) is 5.24. The summed E-state index contributed by atoms with van der Waals surface area (Å²) in [4.78, 5) is 10.00. The molecule has 0 heterocycles. The van der Waals surface area contributed by atoms with Gasteiger partial charge in [-0.05, 0) is 6.07 Å². The SMILES string of the molecule is O=[N+]([O-])c1cccc(NC/C=C/Cl)c1. The summed E-state index contributed by atoms with van der Waals surface area (Å²) in [6.45, 7) is 0.546. The lowest BCUT2D eigenvalue weighted by Gasteiger charge is -2.01. The Morgan fingerprint density at radius 3 is 3.00 bits per heavy atom. The van der Waals surface area contributed by atoms with E-state index in [0.29, 0.717) is 12.2 Å². The molecule has 1 rings (SSSR count). The number of nitro groups is 1. The minimum absolute atomic E-state index is 0.0739. The van der Waals surface area contributed by atoms with Crippen molar-refractivity contribution in [1.29, 1.82) is 0 Å². The van der Waals surface area contributed by atoms with E-state index in [1.165, 1.54) is 17.7 Å². The van der Waals surface area contributed by atoms with Gasteiger partial charge in [0.1, 0.15) is 0 Å². The van der Waals surface area contributed by atoms with E-state index in [2.05, 4.69) is 5.32 Å². The van der Waals surface area contributed by atoms with Gasteiger partial charge in [0.15, 0.2) is 0 Å². The average molecular weight is 213 g/mol. The normalized spacial score (nSPS) is 10.4. The molecule has 0 saturated carbocycles. The number of anilines is 1. The van der Waals surface area contributed by atoms with Gasteiger partial charge in [-0.2, -0.15) is 0 Å². The predicted octanol–water partition coefficient (Wildman–Crippen LogP) is 2.76. The molecule has 0 aliphatic rings. The Balaban J connectivity index is 2.68. The fourth-order valence-corrected chi connectivity index (χ4v) is 1.04. The van der Waals surface area contributed by atoms with Crippen molar-refractivity contribution in [3.05, 3.63) is 46.0 Å². The van der Waals surface area contributed by atoms with Gasteiger partial charge in [0, 0.05) is 29.9 Å². The zero-order chi connectivity index (χ0) is 10.4. The molecule has 0 spiro atoms. The maximum absolute atomic E-state index is 10.4. The Morgan fingerprint density at radius 1 is 1.57 bits per heavy atom. The van der Waals surface area contributed by atoms with Crippen LogP contribution < -0.4 is 5.32 Å². The van der Waals surface area contributed by atoms with E-state index in [9.17, 15) is 10.1 Å². The molecule has 0 aromatic heterocycles. The number of nitrogens with one attached hydrogen (secondary N) is 1.